The number of hydrogen-bond donors (Lipinski definition) is 3. The summed E-state index contributed by atoms with van der Waals surface area (Å²) < 4.78 is 26.3. The highest BCUT2D eigenvalue weighted by molar-refractivity contribution is 5.33. The monoisotopic (exact) mass is 673 g/mol. The fourth-order valence-corrected chi connectivity index (χ4v) is 14.6. The lowest BCUT2D eigenvalue weighted by Gasteiger charge is -2.64. The summed E-state index contributed by atoms with van der Waals surface area (Å²) in [5.74, 6) is 2.64. The molecule has 0 aromatic heterocycles. The summed E-state index contributed by atoms with van der Waals surface area (Å²) in [7, 11) is 0. The Balaban J connectivity index is 1.01. The van der Waals surface area contributed by atoms with Gasteiger partial charge in [0, 0.05) is 44.7 Å². The number of aliphatic hydroxyl groups excluding tert-OH is 1. The third kappa shape index (κ3) is 4.74. The van der Waals surface area contributed by atoms with E-state index in [0.29, 0.717) is 41.1 Å². The van der Waals surface area contributed by atoms with E-state index in [9.17, 15) is 10.2 Å². The highest BCUT2D eigenvalue weighted by atomic mass is 16.7. The number of ether oxygens (including phenoxy) is 4. The van der Waals surface area contributed by atoms with E-state index in [0.717, 1.165) is 58.1 Å². The minimum atomic E-state index is -1.01. The molecule has 0 aromatic rings. The summed E-state index contributed by atoms with van der Waals surface area (Å²) >= 11 is 0. The van der Waals surface area contributed by atoms with Crippen molar-refractivity contribution in [3.63, 3.8) is 0 Å². The number of hydrogen-bond acceptors (Lipinski definition) is 8. The zero-order valence-electron chi connectivity index (χ0n) is 31.4. The van der Waals surface area contributed by atoms with Gasteiger partial charge in [0.15, 0.2) is 6.29 Å². The van der Waals surface area contributed by atoms with Crippen LogP contribution in [0.1, 0.15) is 107 Å². The maximum atomic E-state index is 12.6. The van der Waals surface area contributed by atoms with Crippen molar-refractivity contribution in [1.29, 1.82) is 0 Å². The SMILES string of the molecule is CCO[C@@H]([C@H]1C[C@@H](C)[C@H]2[C@H](O1)[C@H](O)[C@@]1(C)[C@@H]3CC[C@H]4C(C)(C)[C@@H](O[C@H]5CN(CC6CNC6)CCO5)CCC45C[C@@]35CC[C@]21C)C(C)(C)O. The first kappa shape index (κ1) is 34.7. The molecule has 0 amide bonds. The quantitative estimate of drug-likeness (QED) is 0.323. The van der Waals surface area contributed by atoms with Crippen LogP contribution in [0.4, 0.5) is 0 Å². The second kappa shape index (κ2) is 11.6. The maximum Gasteiger partial charge on any atom is 0.170 e. The molecule has 3 saturated heterocycles. The summed E-state index contributed by atoms with van der Waals surface area (Å²) in [5, 5.41) is 27.1. The van der Waals surface area contributed by atoms with E-state index in [1.165, 1.54) is 38.5 Å². The normalized spacial score (nSPS) is 52.2. The van der Waals surface area contributed by atoms with Gasteiger partial charge in [0.05, 0.1) is 36.6 Å². The van der Waals surface area contributed by atoms with Crippen molar-refractivity contribution in [2.24, 2.45) is 56.7 Å². The average molecular weight is 673 g/mol. The van der Waals surface area contributed by atoms with Gasteiger partial charge in [-0.2, -0.15) is 0 Å². The molecule has 2 spiro atoms. The van der Waals surface area contributed by atoms with Crippen LogP contribution in [-0.4, -0.2) is 103 Å². The molecule has 3 heterocycles. The zero-order chi connectivity index (χ0) is 34.1. The highest BCUT2D eigenvalue weighted by Crippen LogP contribution is 2.89. The molecule has 3 aliphatic heterocycles. The molecule has 48 heavy (non-hydrogen) atoms. The van der Waals surface area contributed by atoms with Crippen molar-refractivity contribution in [2.45, 2.75) is 149 Å². The number of fused-ring (bicyclic) bond motifs is 4. The molecule has 0 aromatic carbocycles. The van der Waals surface area contributed by atoms with Gasteiger partial charge in [-0.1, -0.05) is 34.6 Å². The predicted octanol–water partition coefficient (Wildman–Crippen LogP) is 5.24. The van der Waals surface area contributed by atoms with Crippen LogP contribution in [0.2, 0.25) is 0 Å². The summed E-state index contributed by atoms with van der Waals surface area (Å²) in [4.78, 5) is 2.57. The van der Waals surface area contributed by atoms with Gasteiger partial charge >= 0.3 is 0 Å². The molecule has 0 bridgehead atoms. The van der Waals surface area contributed by atoms with E-state index >= 15 is 0 Å². The average Bonchev–Trinajstić information content (AvgIpc) is 3.63. The van der Waals surface area contributed by atoms with Crippen LogP contribution < -0.4 is 5.32 Å². The summed E-state index contributed by atoms with van der Waals surface area (Å²) in [6.45, 7) is 24.7. The van der Waals surface area contributed by atoms with Crippen molar-refractivity contribution >= 4 is 0 Å². The molecule has 5 aliphatic carbocycles. The standard InChI is InChI=1S/C40H68N2O6/c1-9-45-34(36(5,6)44)26-18-24(2)31-32(47-26)33(43)38(8)28-11-10-27-35(3,4)29(12-13-39(27)23-40(28,39)15-14-37(31,38)7)48-30-22-42(16-17-46-30)21-25-19-41-20-25/h24-34,41,43-44H,9-23H2,1-8H3/t24-,26-,27+,28+,29+,30+,31+,32+,33+,34+,37-,38-,39?,40+/m1/s1. The van der Waals surface area contributed by atoms with Crippen molar-refractivity contribution in [3.8, 4) is 0 Å². The van der Waals surface area contributed by atoms with Crippen LogP contribution in [0.3, 0.4) is 0 Å². The van der Waals surface area contributed by atoms with Gasteiger partial charge in [0.1, 0.15) is 6.10 Å². The molecule has 3 N–H and O–H groups in total. The molecule has 8 nitrogen and oxygen atoms in total. The van der Waals surface area contributed by atoms with Crippen LogP contribution in [0.5, 0.6) is 0 Å². The van der Waals surface area contributed by atoms with Crippen molar-refractivity contribution in [2.75, 3.05) is 45.9 Å². The lowest BCUT2D eigenvalue weighted by atomic mass is 9.41. The van der Waals surface area contributed by atoms with E-state index < -0.39 is 17.8 Å². The Labute approximate surface area is 290 Å². The van der Waals surface area contributed by atoms with Gasteiger partial charge in [-0.25, -0.2) is 0 Å². The van der Waals surface area contributed by atoms with E-state index in [4.69, 9.17) is 18.9 Å². The van der Waals surface area contributed by atoms with E-state index in [1.807, 2.05) is 20.8 Å². The fourth-order valence-electron chi connectivity index (χ4n) is 14.6. The highest BCUT2D eigenvalue weighted by Gasteiger charge is 2.84. The lowest BCUT2D eigenvalue weighted by Crippen LogP contribution is -2.60. The molecular formula is C40H68N2O6. The maximum absolute atomic E-state index is 12.6. The van der Waals surface area contributed by atoms with Gasteiger partial charge in [-0.05, 0) is 123 Å². The molecule has 8 aliphatic rings. The smallest absolute Gasteiger partial charge is 0.170 e. The minimum absolute atomic E-state index is 0.0272. The van der Waals surface area contributed by atoms with Gasteiger partial charge in [-0.3, -0.25) is 4.90 Å². The van der Waals surface area contributed by atoms with Crippen molar-refractivity contribution in [3.05, 3.63) is 0 Å². The van der Waals surface area contributed by atoms with E-state index in [2.05, 4.69) is 44.8 Å². The molecule has 8 fully saturated rings. The molecule has 8 heteroatoms. The van der Waals surface area contributed by atoms with E-state index in [1.54, 1.807) is 0 Å². The Kier molecular flexibility index (Phi) is 8.39. The molecule has 274 valence electrons. The summed E-state index contributed by atoms with van der Waals surface area (Å²) in [5.41, 5.74) is -0.397. The van der Waals surface area contributed by atoms with Gasteiger partial charge in [0.25, 0.3) is 0 Å². The first-order valence-corrected chi connectivity index (χ1v) is 20.0. The second-order valence-electron chi connectivity index (χ2n) is 19.8. The Morgan fingerprint density at radius 3 is 2.44 bits per heavy atom. The largest absolute Gasteiger partial charge is 0.390 e. The van der Waals surface area contributed by atoms with Crippen LogP contribution in [0.15, 0.2) is 0 Å². The molecule has 8 rings (SSSR count). The number of morpholine rings is 1. The van der Waals surface area contributed by atoms with Gasteiger partial charge < -0.3 is 34.5 Å². The Morgan fingerprint density at radius 1 is 1.02 bits per heavy atom. The molecule has 5 saturated carbocycles. The van der Waals surface area contributed by atoms with Gasteiger partial charge in [0.2, 0.25) is 0 Å². The van der Waals surface area contributed by atoms with Crippen molar-refractivity contribution < 1.29 is 29.2 Å². The van der Waals surface area contributed by atoms with Crippen molar-refractivity contribution in [1.82, 2.24) is 10.2 Å². The zero-order valence-corrected chi connectivity index (χ0v) is 31.4. The molecule has 0 radical (unpaired) electrons. The number of nitrogens with zero attached hydrogens (tertiary/aromatic N) is 1. The first-order chi connectivity index (χ1) is 22.6. The Hall–Kier alpha value is -0.320. The predicted molar refractivity (Wildman–Crippen MR) is 185 cm³/mol. The molecular weight excluding hydrogens is 604 g/mol. The first-order valence-electron chi connectivity index (χ1n) is 20.0. The van der Waals surface area contributed by atoms with Crippen LogP contribution in [0.25, 0.3) is 0 Å². The number of aliphatic hydroxyl groups is 2. The molecule has 14 atom stereocenters. The Bertz CT molecular complexity index is 1220. The van der Waals surface area contributed by atoms with Crippen LogP contribution >= 0.6 is 0 Å². The second-order valence-corrected chi connectivity index (χ2v) is 19.8. The number of nitrogens with one attached hydrogen (secondary N) is 1. The van der Waals surface area contributed by atoms with E-state index in [-0.39, 0.29) is 40.8 Å². The fraction of sp³-hybridized carbons (Fsp3) is 1.00. The topological polar surface area (TPSA) is 92.7 Å². The molecule has 1 unspecified atom stereocenters. The lowest BCUT2D eigenvalue weighted by molar-refractivity contribution is -0.249. The summed E-state index contributed by atoms with van der Waals surface area (Å²) in [6.07, 6.45) is 8.20. The van der Waals surface area contributed by atoms with Crippen LogP contribution in [-0.2, 0) is 18.9 Å². The third-order valence-corrected chi connectivity index (χ3v) is 17.0. The number of rotatable bonds is 8. The van der Waals surface area contributed by atoms with Gasteiger partial charge in [-0.15, -0.1) is 0 Å². The third-order valence-electron chi connectivity index (χ3n) is 17.0. The van der Waals surface area contributed by atoms with Crippen LogP contribution in [0, 0.1) is 56.7 Å². The summed E-state index contributed by atoms with van der Waals surface area (Å²) in [6, 6.07) is 0. The minimum Gasteiger partial charge on any atom is -0.390 e. The Morgan fingerprint density at radius 2 is 1.75 bits per heavy atom.